The van der Waals surface area contributed by atoms with E-state index in [1.165, 1.54) is 0 Å². The molecule has 0 aliphatic rings. The van der Waals surface area contributed by atoms with Crippen molar-refractivity contribution in [2.45, 2.75) is 19.9 Å². The van der Waals surface area contributed by atoms with Crippen molar-refractivity contribution < 1.29 is 14.3 Å². The lowest BCUT2D eigenvalue weighted by molar-refractivity contribution is 0.101. The van der Waals surface area contributed by atoms with Crippen molar-refractivity contribution in [3.05, 3.63) is 29.3 Å². The molecule has 0 saturated heterocycles. The molecule has 1 aromatic rings. The molecule has 4 heteroatoms. The minimum absolute atomic E-state index is 0.0749. The number of ether oxygens (including phenoxy) is 2. The number of hydrogen-bond acceptors (Lipinski definition) is 4. The van der Waals surface area contributed by atoms with Crippen LogP contribution in [0.4, 0.5) is 0 Å². The first-order valence-electron chi connectivity index (χ1n) is 6.43. The Bertz CT molecular complexity index is 418. The Morgan fingerprint density at radius 1 is 1.32 bits per heavy atom. The minimum Gasteiger partial charge on any atom is -0.496 e. The molecular weight excluding hydrogens is 242 g/mol. The Labute approximate surface area is 115 Å². The number of ketones is 1. The van der Waals surface area contributed by atoms with Crippen LogP contribution in [0.5, 0.6) is 5.75 Å². The smallest absolute Gasteiger partial charge is 0.159 e. The van der Waals surface area contributed by atoms with Crippen LogP contribution in [0.15, 0.2) is 18.2 Å². The number of rotatable bonds is 8. The van der Waals surface area contributed by atoms with E-state index in [9.17, 15) is 4.79 Å². The predicted octanol–water partition coefficient (Wildman–Crippen LogP) is 2.37. The Kier molecular flexibility index (Phi) is 6.53. The summed E-state index contributed by atoms with van der Waals surface area (Å²) in [6.45, 7) is 4.04. The summed E-state index contributed by atoms with van der Waals surface area (Å²) in [5.41, 5.74) is 1.76. The first-order chi connectivity index (χ1) is 9.08. The van der Waals surface area contributed by atoms with Crippen LogP contribution < -0.4 is 4.74 Å². The van der Waals surface area contributed by atoms with E-state index in [-0.39, 0.29) is 5.78 Å². The molecule has 0 saturated carbocycles. The fraction of sp³-hybridized carbons (Fsp3) is 0.533. The lowest BCUT2D eigenvalue weighted by atomic mass is 10.1. The first-order valence-corrected chi connectivity index (χ1v) is 6.43. The number of Topliss-reactive ketones (excluding diaryl/α,β-unsaturated/α-hetero) is 1. The highest BCUT2D eigenvalue weighted by Crippen LogP contribution is 2.21. The maximum absolute atomic E-state index is 11.4. The largest absolute Gasteiger partial charge is 0.496 e. The maximum atomic E-state index is 11.4. The zero-order chi connectivity index (χ0) is 14.3. The molecule has 0 aliphatic heterocycles. The standard InChI is InChI=1S/C15H23NO3/c1-12(17)13-6-7-15(19-4)14(10-13)11-16(2)8-5-9-18-3/h6-7,10H,5,8-9,11H2,1-4H3. The third-order valence-corrected chi connectivity index (χ3v) is 3.02. The lowest BCUT2D eigenvalue weighted by Crippen LogP contribution is -2.20. The molecule has 0 bridgehead atoms. The molecule has 0 unspecified atom stereocenters. The van der Waals surface area contributed by atoms with Gasteiger partial charge in [0.15, 0.2) is 5.78 Å². The van der Waals surface area contributed by atoms with E-state index in [0.717, 1.165) is 43.0 Å². The molecule has 19 heavy (non-hydrogen) atoms. The van der Waals surface area contributed by atoms with Gasteiger partial charge in [0.1, 0.15) is 5.75 Å². The van der Waals surface area contributed by atoms with Crippen LogP contribution in [-0.2, 0) is 11.3 Å². The Hall–Kier alpha value is -1.39. The SMILES string of the molecule is COCCCN(C)Cc1cc(C(C)=O)ccc1OC. The number of hydrogen-bond donors (Lipinski definition) is 0. The summed E-state index contributed by atoms with van der Waals surface area (Å²) >= 11 is 0. The molecule has 1 aromatic carbocycles. The topological polar surface area (TPSA) is 38.8 Å². The number of nitrogens with zero attached hydrogens (tertiary/aromatic N) is 1. The molecule has 0 heterocycles. The van der Waals surface area contributed by atoms with Crippen LogP contribution in [-0.4, -0.2) is 45.1 Å². The zero-order valence-corrected chi connectivity index (χ0v) is 12.2. The highest BCUT2D eigenvalue weighted by molar-refractivity contribution is 5.94. The molecule has 0 aliphatic carbocycles. The van der Waals surface area contributed by atoms with Gasteiger partial charge in [0.25, 0.3) is 0 Å². The van der Waals surface area contributed by atoms with Gasteiger partial charge >= 0.3 is 0 Å². The average Bonchev–Trinajstić information content (AvgIpc) is 2.38. The van der Waals surface area contributed by atoms with Crippen LogP contribution in [0, 0.1) is 0 Å². The monoisotopic (exact) mass is 265 g/mol. The van der Waals surface area contributed by atoms with Crippen molar-refractivity contribution in [2.75, 3.05) is 34.4 Å². The lowest BCUT2D eigenvalue weighted by Gasteiger charge is -2.18. The summed E-state index contributed by atoms with van der Waals surface area (Å²) < 4.78 is 10.4. The molecule has 106 valence electrons. The maximum Gasteiger partial charge on any atom is 0.159 e. The van der Waals surface area contributed by atoms with Crippen LogP contribution in [0.25, 0.3) is 0 Å². The second kappa shape index (κ2) is 7.92. The van der Waals surface area contributed by atoms with Gasteiger partial charge in [0.05, 0.1) is 7.11 Å². The number of benzene rings is 1. The van der Waals surface area contributed by atoms with Gasteiger partial charge in [-0.3, -0.25) is 4.79 Å². The van der Waals surface area contributed by atoms with Gasteiger partial charge in [-0.25, -0.2) is 0 Å². The molecule has 4 nitrogen and oxygen atoms in total. The Morgan fingerprint density at radius 2 is 2.05 bits per heavy atom. The van der Waals surface area contributed by atoms with Gasteiger partial charge in [-0.15, -0.1) is 0 Å². The highest BCUT2D eigenvalue weighted by Gasteiger charge is 2.09. The van der Waals surface area contributed by atoms with Crippen LogP contribution in [0.1, 0.15) is 29.3 Å². The van der Waals surface area contributed by atoms with Crippen LogP contribution >= 0.6 is 0 Å². The van der Waals surface area contributed by atoms with E-state index in [4.69, 9.17) is 9.47 Å². The summed E-state index contributed by atoms with van der Waals surface area (Å²) in [5.74, 6) is 0.898. The van der Waals surface area contributed by atoms with E-state index >= 15 is 0 Å². The summed E-state index contributed by atoms with van der Waals surface area (Å²) in [7, 11) is 5.41. The molecule has 0 N–H and O–H groups in total. The van der Waals surface area contributed by atoms with Crippen molar-refractivity contribution in [3.8, 4) is 5.75 Å². The third-order valence-electron chi connectivity index (χ3n) is 3.02. The van der Waals surface area contributed by atoms with E-state index in [1.807, 2.05) is 12.1 Å². The Balaban J connectivity index is 2.74. The molecule has 1 rings (SSSR count). The zero-order valence-electron chi connectivity index (χ0n) is 12.2. The number of carbonyl (C=O) groups is 1. The van der Waals surface area contributed by atoms with Gasteiger partial charge in [-0.05, 0) is 38.6 Å². The van der Waals surface area contributed by atoms with Gasteiger partial charge in [0.2, 0.25) is 0 Å². The normalized spacial score (nSPS) is 10.8. The van der Waals surface area contributed by atoms with Crippen molar-refractivity contribution in [3.63, 3.8) is 0 Å². The summed E-state index contributed by atoms with van der Waals surface area (Å²) in [5, 5.41) is 0. The van der Waals surface area contributed by atoms with E-state index in [2.05, 4.69) is 11.9 Å². The molecule has 0 radical (unpaired) electrons. The number of carbonyl (C=O) groups excluding carboxylic acids is 1. The van der Waals surface area contributed by atoms with Gasteiger partial charge in [-0.1, -0.05) is 0 Å². The second-order valence-electron chi connectivity index (χ2n) is 4.67. The third kappa shape index (κ3) is 5.01. The fourth-order valence-corrected chi connectivity index (χ4v) is 1.97. The van der Waals surface area contributed by atoms with E-state index in [0.29, 0.717) is 0 Å². The number of methoxy groups -OCH3 is 2. The van der Waals surface area contributed by atoms with E-state index in [1.54, 1.807) is 27.2 Å². The Morgan fingerprint density at radius 3 is 2.63 bits per heavy atom. The van der Waals surface area contributed by atoms with Crippen molar-refractivity contribution in [1.82, 2.24) is 4.90 Å². The van der Waals surface area contributed by atoms with Gasteiger partial charge < -0.3 is 14.4 Å². The highest BCUT2D eigenvalue weighted by atomic mass is 16.5. The fourth-order valence-electron chi connectivity index (χ4n) is 1.97. The molecule has 0 fully saturated rings. The second-order valence-corrected chi connectivity index (χ2v) is 4.67. The van der Waals surface area contributed by atoms with Crippen molar-refractivity contribution in [1.29, 1.82) is 0 Å². The summed E-state index contributed by atoms with van der Waals surface area (Å²) in [6, 6.07) is 5.57. The predicted molar refractivity (Wildman–Crippen MR) is 75.8 cm³/mol. The van der Waals surface area contributed by atoms with Crippen LogP contribution in [0.2, 0.25) is 0 Å². The van der Waals surface area contributed by atoms with Crippen molar-refractivity contribution in [2.24, 2.45) is 0 Å². The molecule has 0 aromatic heterocycles. The van der Waals surface area contributed by atoms with Crippen molar-refractivity contribution >= 4 is 5.78 Å². The average molecular weight is 265 g/mol. The van der Waals surface area contributed by atoms with Gasteiger partial charge in [0, 0.05) is 37.9 Å². The molecule has 0 amide bonds. The quantitative estimate of drug-likeness (QED) is 0.534. The van der Waals surface area contributed by atoms with Gasteiger partial charge in [-0.2, -0.15) is 0 Å². The molecule has 0 spiro atoms. The van der Waals surface area contributed by atoms with Crippen LogP contribution in [0.3, 0.4) is 0 Å². The van der Waals surface area contributed by atoms with E-state index < -0.39 is 0 Å². The molecular formula is C15H23NO3. The summed E-state index contributed by atoms with van der Waals surface area (Å²) in [6.07, 6.45) is 0.988. The molecule has 0 atom stereocenters. The minimum atomic E-state index is 0.0749. The first kappa shape index (κ1) is 15.7. The summed E-state index contributed by atoms with van der Waals surface area (Å²) in [4.78, 5) is 13.6.